The fraction of sp³-hybridized carbons (Fsp3) is 0.375. The first-order valence-electron chi connectivity index (χ1n) is 4.47. The molecule has 2 N–H and O–H groups in total. The molecule has 0 aliphatic rings. The zero-order valence-corrected chi connectivity index (χ0v) is 8.82. The summed E-state index contributed by atoms with van der Waals surface area (Å²) < 4.78 is 1.33. The minimum atomic E-state index is -0.297. The van der Waals surface area contributed by atoms with Gasteiger partial charge in [0.1, 0.15) is 12.1 Å². The molecule has 0 amide bonds. The van der Waals surface area contributed by atoms with Crippen molar-refractivity contribution >= 4 is 23.1 Å². The normalized spacial score (nSPS) is 12.9. The summed E-state index contributed by atoms with van der Waals surface area (Å²) in [6.07, 6.45) is 1.42. The minimum absolute atomic E-state index is 0.0180. The van der Waals surface area contributed by atoms with Gasteiger partial charge in [0.2, 0.25) is 0 Å². The van der Waals surface area contributed by atoms with E-state index in [0.29, 0.717) is 18.0 Å². The van der Waals surface area contributed by atoms with Crippen molar-refractivity contribution in [1.82, 2.24) is 19.6 Å². The number of aromatic amines is 1. The van der Waals surface area contributed by atoms with Crippen LogP contribution in [0.2, 0.25) is 0 Å². The largest absolute Gasteiger partial charge is 0.368 e. The summed E-state index contributed by atoms with van der Waals surface area (Å²) in [5.41, 5.74) is 0.231. The van der Waals surface area contributed by atoms with Crippen molar-refractivity contribution < 1.29 is 0 Å². The topological polar surface area (TPSA) is 75.1 Å². The number of hydrogen-bond acceptors (Lipinski definition) is 4. The Kier molecular flexibility index (Phi) is 2.59. The highest BCUT2D eigenvalue weighted by Crippen LogP contribution is 2.05. The van der Waals surface area contributed by atoms with Crippen molar-refractivity contribution in [2.75, 3.05) is 11.9 Å². The molecule has 1 atom stereocenters. The molecular weight excluding hydrogens is 218 g/mol. The van der Waals surface area contributed by atoms with Gasteiger partial charge >= 0.3 is 5.69 Å². The van der Waals surface area contributed by atoms with Crippen LogP contribution in [0.3, 0.4) is 0 Å². The molecule has 15 heavy (non-hydrogen) atoms. The molecule has 80 valence electrons. The fourth-order valence-corrected chi connectivity index (χ4v) is 1.23. The number of hydrogen-bond donors (Lipinski definition) is 2. The van der Waals surface area contributed by atoms with Crippen LogP contribution >= 0.6 is 11.6 Å². The third-order valence-electron chi connectivity index (χ3n) is 1.87. The van der Waals surface area contributed by atoms with Gasteiger partial charge in [-0.1, -0.05) is 0 Å². The maximum Gasteiger partial charge on any atom is 0.348 e. The fourth-order valence-electron chi connectivity index (χ4n) is 1.15. The molecule has 0 aliphatic heterocycles. The lowest BCUT2D eigenvalue weighted by Crippen LogP contribution is -2.13. The molecule has 0 aromatic carbocycles. The van der Waals surface area contributed by atoms with Gasteiger partial charge in [-0.15, -0.1) is 11.6 Å². The van der Waals surface area contributed by atoms with Crippen LogP contribution in [0.5, 0.6) is 0 Å². The summed E-state index contributed by atoms with van der Waals surface area (Å²) in [5.74, 6) is 0.647. The second-order valence-corrected chi connectivity index (χ2v) is 3.94. The van der Waals surface area contributed by atoms with E-state index in [9.17, 15) is 4.79 Å². The predicted molar refractivity (Wildman–Crippen MR) is 57.4 cm³/mol. The highest BCUT2D eigenvalue weighted by atomic mass is 35.5. The molecule has 0 bridgehead atoms. The summed E-state index contributed by atoms with van der Waals surface area (Å²) in [7, 11) is 0. The zero-order valence-electron chi connectivity index (χ0n) is 8.07. The molecule has 6 nitrogen and oxygen atoms in total. The number of anilines is 1. The van der Waals surface area contributed by atoms with Crippen LogP contribution in [0, 0.1) is 0 Å². The zero-order chi connectivity index (χ0) is 10.8. The molecule has 1 unspecified atom stereocenters. The van der Waals surface area contributed by atoms with Crippen molar-refractivity contribution in [3.05, 3.63) is 22.9 Å². The van der Waals surface area contributed by atoms with Gasteiger partial charge in [-0.25, -0.2) is 19.3 Å². The number of halogens is 1. The second-order valence-electron chi connectivity index (χ2n) is 3.19. The van der Waals surface area contributed by atoms with Crippen LogP contribution in [0.4, 0.5) is 5.82 Å². The lowest BCUT2D eigenvalue weighted by Gasteiger charge is -2.05. The van der Waals surface area contributed by atoms with E-state index in [-0.39, 0.29) is 11.1 Å². The molecule has 0 radical (unpaired) electrons. The van der Waals surface area contributed by atoms with E-state index in [1.807, 2.05) is 6.92 Å². The number of fused-ring (bicyclic) bond motifs is 1. The first-order valence-corrected chi connectivity index (χ1v) is 4.91. The number of alkyl halides is 1. The number of H-pyrrole nitrogens is 1. The summed E-state index contributed by atoms with van der Waals surface area (Å²) in [5, 5.41) is 9.20. The average Bonchev–Trinajstić information content (AvgIpc) is 2.57. The smallest absolute Gasteiger partial charge is 0.348 e. The van der Waals surface area contributed by atoms with Gasteiger partial charge in [-0.05, 0) is 6.92 Å². The quantitative estimate of drug-likeness (QED) is 0.747. The summed E-state index contributed by atoms with van der Waals surface area (Å²) >= 11 is 5.78. The first kappa shape index (κ1) is 9.97. The van der Waals surface area contributed by atoms with Gasteiger partial charge in [0.25, 0.3) is 0 Å². The van der Waals surface area contributed by atoms with Crippen molar-refractivity contribution in [3.8, 4) is 0 Å². The highest BCUT2D eigenvalue weighted by molar-refractivity contribution is 6.20. The Morgan fingerprint density at radius 3 is 3.27 bits per heavy atom. The Bertz CT molecular complexity index is 517. The van der Waals surface area contributed by atoms with Crippen LogP contribution in [0.15, 0.2) is 17.2 Å². The summed E-state index contributed by atoms with van der Waals surface area (Å²) in [6.45, 7) is 2.49. The van der Waals surface area contributed by atoms with E-state index in [2.05, 4.69) is 20.5 Å². The van der Waals surface area contributed by atoms with E-state index in [4.69, 9.17) is 11.6 Å². The molecular formula is C8H10ClN5O. The van der Waals surface area contributed by atoms with Crippen molar-refractivity contribution in [2.24, 2.45) is 0 Å². The maximum atomic E-state index is 11.1. The Morgan fingerprint density at radius 1 is 1.73 bits per heavy atom. The van der Waals surface area contributed by atoms with Crippen molar-refractivity contribution in [2.45, 2.75) is 12.3 Å². The van der Waals surface area contributed by atoms with Gasteiger partial charge in [0, 0.05) is 18.0 Å². The molecule has 2 aromatic heterocycles. The Hall–Kier alpha value is -1.56. The molecule has 2 heterocycles. The van der Waals surface area contributed by atoms with Gasteiger partial charge in [0.05, 0.1) is 0 Å². The lowest BCUT2D eigenvalue weighted by molar-refractivity contribution is 0.960. The van der Waals surface area contributed by atoms with Crippen LogP contribution < -0.4 is 11.0 Å². The molecule has 2 rings (SSSR count). The highest BCUT2D eigenvalue weighted by Gasteiger charge is 2.02. The van der Waals surface area contributed by atoms with Crippen LogP contribution in [-0.4, -0.2) is 31.5 Å². The first-order chi connectivity index (χ1) is 7.16. The molecule has 0 saturated carbocycles. The number of nitrogens with one attached hydrogen (secondary N) is 2. The van der Waals surface area contributed by atoms with Gasteiger partial charge in [-0.2, -0.15) is 5.10 Å². The minimum Gasteiger partial charge on any atom is -0.368 e. The molecule has 7 heteroatoms. The van der Waals surface area contributed by atoms with Gasteiger partial charge in [0.15, 0.2) is 5.65 Å². The maximum absolute atomic E-state index is 11.1. The van der Waals surface area contributed by atoms with E-state index in [1.54, 1.807) is 6.07 Å². The van der Waals surface area contributed by atoms with E-state index >= 15 is 0 Å². The monoisotopic (exact) mass is 227 g/mol. The molecule has 0 spiro atoms. The third-order valence-corrected chi connectivity index (χ3v) is 2.03. The second kappa shape index (κ2) is 3.90. The van der Waals surface area contributed by atoms with E-state index < -0.39 is 0 Å². The van der Waals surface area contributed by atoms with E-state index in [0.717, 1.165) is 0 Å². The number of rotatable bonds is 3. The Morgan fingerprint density at radius 2 is 2.53 bits per heavy atom. The van der Waals surface area contributed by atoms with Gasteiger partial charge in [-0.3, -0.25) is 0 Å². The molecule has 0 fully saturated rings. The molecule has 0 saturated heterocycles. The predicted octanol–water partition coefficient (Wildman–Crippen LogP) is 0.457. The SMILES string of the molecule is CC(Cl)CNc1cc2n[nH]c(=O)n2cn1. The molecule has 2 aromatic rings. The average molecular weight is 228 g/mol. The summed E-state index contributed by atoms with van der Waals surface area (Å²) in [4.78, 5) is 15.2. The third kappa shape index (κ3) is 2.10. The van der Waals surface area contributed by atoms with E-state index in [1.165, 1.54) is 10.7 Å². The molecule has 0 aliphatic carbocycles. The number of nitrogens with zero attached hydrogens (tertiary/aromatic N) is 3. The van der Waals surface area contributed by atoms with Crippen molar-refractivity contribution in [1.29, 1.82) is 0 Å². The lowest BCUT2D eigenvalue weighted by atomic mass is 10.4. The van der Waals surface area contributed by atoms with Crippen molar-refractivity contribution in [3.63, 3.8) is 0 Å². The standard InChI is InChI=1S/C8H10ClN5O/c1-5(9)3-10-6-2-7-12-13-8(15)14(7)4-11-6/h2,4-5,10H,3H2,1H3,(H,13,15). The Labute approximate surface area is 90.3 Å². The van der Waals surface area contributed by atoms with Gasteiger partial charge < -0.3 is 5.32 Å². The van der Waals surface area contributed by atoms with Crippen LogP contribution in [-0.2, 0) is 0 Å². The number of aromatic nitrogens is 4. The van der Waals surface area contributed by atoms with Crippen LogP contribution in [0.1, 0.15) is 6.92 Å². The summed E-state index contributed by atoms with van der Waals surface area (Å²) in [6, 6.07) is 1.68. The Balaban J connectivity index is 2.27. The van der Waals surface area contributed by atoms with Crippen LogP contribution in [0.25, 0.3) is 5.65 Å².